The third kappa shape index (κ3) is 5.63. The molecule has 296 valence electrons. The number of rotatable bonds is 7. The van der Waals surface area contributed by atoms with Crippen molar-refractivity contribution in [1.82, 2.24) is 0 Å². The van der Waals surface area contributed by atoms with Gasteiger partial charge in [-0.05, 0) is 155 Å². The molecule has 1 fully saturated rings. The van der Waals surface area contributed by atoms with Crippen molar-refractivity contribution < 1.29 is 4.74 Å². The van der Waals surface area contributed by atoms with Gasteiger partial charge in [-0.25, -0.2) is 0 Å². The van der Waals surface area contributed by atoms with E-state index in [1.54, 1.807) is 7.11 Å². The lowest BCUT2D eigenvalue weighted by Crippen LogP contribution is -2.21. The van der Waals surface area contributed by atoms with Crippen LogP contribution in [0.5, 0.6) is 5.75 Å². The number of anilines is 3. The molecular formula is C60H45NO. The highest BCUT2D eigenvalue weighted by atomic mass is 16.5. The van der Waals surface area contributed by atoms with Crippen molar-refractivity contribution in [2.75, 3.05) is 12.0 Å². The summed E-state index contributed by atoms with van der Waals surface area (Å²) in [4.78, 5) is 2.46. The summed E-state index contributed by atoms with van der Waals surface area (Å²) >= 11 is 0. The summed E-state index contributed by atoms with van der Waals surface area (Å²) in [5.41, 5.74) is 16.5. The molecule has 1 spiro atoms. The van der Waals surface area contributed by atoms with Gasteiger partial charge in [0, 0.05) is 22.5 Å². The summed E-state index contributed by atoms with van der Waals surface area (Å²) in [6.45, 7) is 0. The van der Waals surface area contributed by atoms with Gasteiger partial charge in [-0.3, -0.25) is 0 Å². The molecule has 62 heavy (non-hydrogen) atoms. The van der Waals surface area contributed by atoms with Crippen LogP contribution in [0.1, 0.15) is 36.8 Å². The Labute approximate surface area is 363 Å². The van der Waals surface area contributed by atoms with Crippen molar-refractivity contribution in [3.05, 3.63) is 217 Å². The van der Waals surface area contributed by atoms with Gasteiger partial charge in [0.15, 0.2) is 0 Å². The molecule has 0 radical (unpaired) electrons. The summed E-state index contributed by atoms with van der Waals surface area (Å²) in [5, 5.41) is 7.50. The van der Waals surface area contributed by atoms with E-state index in [1.165, 1.54) is 119 Å². The van der Waals surface area contributed by atoms with E-state index < -0.39 is 0 Å². The first-order valence-electron chi connectivity index (χ1n) is 22.0. The molecule has 10 aromatic rings. The van der Waals surface area contributed by atoms with Crippen molar-refractivity contribution in [2.24, 2.45) is 0 Å². The summed E-state index contributed by atoms with van der Waals surface area (Å²) < 4.78 is 5.68. The minimum atomic E-state index is 0.0623. The first-order chi connectivity index (χ1) is 30.7. The Morgan fingerprint density at radius 1 is 0.387 bits per heavy atom. The van der Waals surface area contributed by atoms with E-state index in [0.717, 1.165) is 17.1 Å². The molecule has 0 heterocycles. The summed E-state index contributed by atoms with van der Waals surface area (Å²) in [6, 6.07) is 76.4. The average Bonchev–Trinajstić information content (AvgIpc) is 3.95. The quantitative estimate of drug-likeness (QED) is 0.149. The number of ether oxygens (including phenoxy) is 1. The van der Waals surface area contributed by atoms with Gasteiger partial charge >= 0.3 is 0 Å². The van der Waals surface area contributed by atoms with E-state index >= 15 is 0 Å². The molecule has 10 aromatic carbocycles. The fourth-order valence-electron chi connectivity index (χ4n) is 11.2. The van der Waals surface area contributed by atoms with Crippen molar-refractivity contribution in [2.45, 2.75) is 31.1 Å². The zero-order valence-electron chi connectivity index (χ0n) is 34.8. The normalized spacial score (nSPS) is 13.8. The van der Waals surface area contributed by atoms with Gasteiger partial charge in [0.05, 0.1) is 7.11 Å². The minimum absolute atomic E-state index is 0.0623. The summed E-state index contributed by atoms with van der Waals surface area (Å²) in [5.74, 6) is 0.843. The van der Waals surface area contributed by atoms with E-state index in [1.807, 2.05) is 0 Å². The number of hydrogen-bond acceptors (Lipinski definition) is 2. The van der Waals surface area contributed by atoms with Crippen LogP contribution in [0, 0.1) is 0 Å². The van der Waals surface area contributed by atoms with Gasteiger partial charge in [-0.1, -0.05) is 165 Å². The molecule has 0 bridgehead atoms. The number of hydrogen-bond donors (Lipinski definition) is 0. The first kappa shape index (κ1) is 36.4. The van der Waals surface area contributed by atoms with E-state index in [9.17, 15) is 0 Å². The molecule has 0 aromatic heterocycles. The molecule has 12 rings (SSSR count). The highest BCUT2D eigenvalue weighted by molar-refractivity contribution is 6.33. The van der Waals surface area contributed by atoms with Crippen molar-refractivity contribution in [3.63, 3.8) is 0 Å². The second kappa shape index (κ2) is 14.6. The molecule has 0 atom stereocenters. The predicted octanol–water partition coefficient (Wildman–Crippen LogP) is 16.5. The Hall–Kier alpha value is -7.42. The zero-order chi connectivity index (χ0) is 41.2. The number of methoxy groups -OCH3 is 1. The number of nitrogens with zero attached hydrogens (tertiary/aromatic N) is 1. The molecule has 0 N–H and O–H groups in total. The Balaban J connectivity index is 1.17. The lowest BCUT2D eigenvalue weighted by molar-refractivity contribution is 0.415. The van der Waals surface area contributed by atoms with Crippen LogP contribution in [-0.2, 0) is 5.41 Å². The van der Waals surface area contributed by atoms with Crippen LogP contribution in [0.3, 0.4) is 0 Å². The minimum Gasteiger partial charge on any atom is -0.497 e. The maximum absolute atomic E-state index is 5.68. The molecule has 2 nitrogen and oxygen atoms in total. The van der Waals surface area contributed by atoms with Gasteiger partial charge in [0.1, 0.15) is 5.75 Å². The predicted molar refractivity (Wildman–Crippen MR) is 261 cm³/mol. The largest absolute Gasteiger partial charge is 0.497 e. The van der Waals surface area contributed by atoms with Crippen molar-refractivity contribution >= 4 is 49.4 Å². The highest BCUT2D eigenvalue weighted by Crippen LogP contribution is 2.58. The van der Waals surface area contributed by atoms with Crippen LogP contribution in [0.25, 0.3) is 76.8 Å². The second-order valence-electron chi connectivity index (χ2n) is 17.1. The Morgan fingerprint density at radius 2 is 0.935 bits per heavy atom. The summed E-state index contributed by atoms with van der Waals surface area (Å²) in [7, 11) is 1.74. The molecule has 1 saturated carbocycles. The number of benzene rings is 10. The van der Waals surface area contributed by atoms with Gasteiger partial charge < -0.3 is 9.64 Å². The SMILES string of the molecule is COc1ccc(N(c2ccc3c(c2)C2(CCCC2)c2ccccc2-3)c2ccc3c(c2)c2ccccc2c2c(-c4ccccc4)cc(-c4ccccc4)c(-c4ccccc4)c32)cc1. The van der Waals surface area contributed by atoms with Crippen LogP contribution >= 0.6 is 0 Å². The topological polar surface area (TPSA) is 12.5 Å². The summed E-state index contributed by atoms with van der Waals surface area (Å²) in [6.07, 6.45) is 4.90. The van der Waals surface area contributed by atoms with Gasteiger partial charge in [0.25, 0.3) is 0 Å². The second-order valence-corrected chi connectivity index (χ2v) is 17.1. The first-order valence-corrected chi connectivity index (χ1v) is 22.0. The molecule has 0 unspecified atom stereocenters. The van der Waals surface area contributed by atoms with Crippen LogP contribution in [-0.4, -0.2) is 7.11 Å². The van der Waals surface area contributed by atoms with E-state index in [0.29, 0.717) is 0 Å². The van der Waals surface area contributed by atoms with Crippen molar-refractivity contribution in [3.8, 4) is 50.3 Å². The van der Waals surface area contributed by atoms with Gasteiger partial charge in [-0.15, -0.1) is 0 Å². The third-order valence-corrected chi connectivity index (χ3v) is 13.9. The van der Waals surface area contributed by atoms with E-state index in [-0.39, 0.29) is 5.41 Å². The molecular weight excluding hydrogens is 751 g/mol. The smallest absolute Gasteiger partial charge is 0.119 e. The van der Waals surface area contributed by atoms with Crippen LogP contribution in [0.4, 0.5) is 17.1 Å². The Morgan fingerprint density at radius 3 is 1.65 bits per heavy atom. The lowest BCUT2D eigenvalue weighted by atomic mass is 9.76. The fraction of sp³-hybridized carbons (Fsp3) is 0.100. The molecule has 0 aliphatic heterocycles. The van der Waals surface area contributed by atoms with Crippen molar-refractivity contribution in [1.29, 1.82) is 0 Å². The molecule has 2 aliphatic rings. The third-order valence-electron chi connectivity index (χ3n) is 13.9. The molecule has 2 aliphatic carbocycles. The molecule has 0 saturated heterocycles. The van der Waals surface area contributed by atoms with Crippen LogP contribution < -0.4 is 9.64 Å². The maximum Gasteiger partial charge on any atom is 0.119 e. The maximum atomic E-state index is 5.68. The van der Waals surface area contributed by atoms with E-state index in [4.69, 9.17) is 4.74 Å². The number of fused-ring (bicyclic) bond motifs is 11. The average molecular weight is 796 g/mol. The van der Waals surface area contributed by atoms with Gasteiger partial charge in [0.2, 0.25) is 0 Å². The Kier molecular flexibility index (Phi) is 8.60. The van der Waals surface area contributed by atoms with Gasteiger partial charge in [-0.2, -0.15) is 0 Å². The fourth-order valence-corrected chi connectivity index (χ4v) is 11.2. The zero-order valence-corrected chi connectivity index (χ0v) is 34.8. The highest BCUT2D eigenvalue weighted by Gasteiger charge is 2.45. The lowest BCUT2D eigenvalue weighted by Gasteiger charge is -2.30. The van der Waals surface area contributed by atoms with Crippen LogP contribution in [0.2, 0.25) is 0 Å². The monoisotopic (exact) mass is 795 g/mol. The van der Waals surface area contributed by atoms with E-state index in [2.05, 4.69) is 211 Å². The molecule has 0 amide bonds. The Bertz CT molecular complexity index is 3310. The standard InChI is InChI=1S/C60H45NO/c1-62-46-31-27-43(28-32-46)61(45-29-33-49-48-24-13-14-26-55(48)60(56(49)38-45)35-15-16-36-60)44-30-34-51-54(37-44)47-23-11-12-25-50(47)58-53(41-19-7-3-8-20-41)39-52(40-17-5-2-6-18-40)57(59(51)58)42-21-9-4-10-22-42/h2-14,17-34,37-39H,15-16,35-36H2,1H3. The van der Waals surface area contributed by atoms with Crippen LogP contribution in [0.15, 0.2) is 206 Å². The molecule has 2 heteroatoms.